The molecule has 4 rings (SSSR count). The summed E-state index contributed by atoms with van der Waals surface area (Å²) in [6.45, 7) is 2.00. The average molecular weight is 389 g/mol. The number of anilines is 1. The van der Waals surface area contributed by atoms with Gasteiger partial charge in [0.2, 0.25) is 0 Å². The van der Waals surface area contributed by atoms with E-state index in [4.69, 9.17) is 0 Å². The summed E-state index contributed by atoms with van der Waals surface area (Å²) in [7, 11) is 0. The number of phenolic OH excluding ortho intramolecular Hbond substituents is 1. The Morgan fingerprint density at radius 3 is 2.62 bits per heavy atom. The summed E-state index contributed by atoms with van der Waals surface area (Å²) in [5.74, 6) is -0.949. The van der Waals surface area contributed by atoms with Crippen LogP contribution in [0.15, 0.2) is 60.9 Å². The lowest BCUT2D eigenvalue weighted by atomic mass is 10.1. The number of carbonyl (C=O) groups is 1. The number of nitro benzene ring substituents is 1. The summed E-state index contributed by atoms with van der Waals surface area (Å²) in [6.07, 6.45) is 2.98. The number of carbonyl (C=O) groups excluding carboxylic acids is 1. The molecule has 9 heteroatoms. The molecule has 0 aliphatic rings. The first-order valence-corrected chi connectivity index (χ1v) is 8.62. The van der Waals surface area contributed by atoms with Crippen LogP contribution in [0.1, 0.15) is 15.9 Å². The van der Waals surface area contributed by atoms with Gasteiger partial charge in [0.25, 0.3) is 11.6 Å². The molecular formula is C20H15N5O4. The maximum atomic E-state index is 12.7. The molecule has 2 heterocycles. The molecule has 9 nitrogen and oxygen atoms in total. The maximum Gasteiger partial charge on any atom is 0.273 e. The van der Waals surface area contributed by atoms with E-state index in [0.717, 1.165) is 22.9 Å². The summed E-state index contributed by atoms with van der Waals surface area (Å²) >= 11 is 0. The Morgan fingerprint density at radius 1 is 1.17 bits per heavy atom. The predicted molar refractivity (Wildman–Crippen MR) is 106 cm³/mol. The molecule has 0 radical (unpaired) electrons. The molecule has 0 atom stereocenters. The van der Waals surface area contributed by atoms with Gasteiger partial charge in [-0.2, -0.15) is 5.10 Å². The van der Waals surface area contributed by atoms with Crippen molar-refractivity contribution in [3.63, 3.8) is 0 Å². The highest BCUT2D eigenvalue weighted by Crippen LogP contribution is 2.29. The number of phenols is 1. The number of hydrogen-bond donors (Lipinski definition) is 2. The van der Waals surface area contributed by atoms with Crippen LogP contribution in [0, 0.1) is 17.0 Å². The molecule has 0 fully saturated rings. The number of non-ortho nitro benzene ring substituents is 1. The molecule has 4 aromatic rings. The number of fused-ring (bicyclic) bond motifs is 1. The first-order valence-electron chi connectivity index (χ1n) is 8.62. The summed E-state index contributed by atoms with van der Waals surface area (Å²) in [5, 5.41) is 27.5. The van der Waals surface area contributed by atoms with Crippen molar-refractivity contribution in [3.8, 4) is 17.0 Å². The van der Waals surface area contributed by atoms with Crippen LogP contribution in [0.3, 0.4) is 0 Å². The number of amides is 1. The number of nitrogens with one attached hydrogen (secondary N) is 1. The van der Waals surface area contributed by atoms with Crippen LogP contribution in [0.25, 0.3) is 16.9 Å². The molecule has 0 bridgehead atoms. The Bertz CT molecular complexity index is 1250. The van der Waals surface area contributed by atoms with Gasteiger partial charge in [0, 0.05) is 17.8 Å². The number of nitrogens with zero attached hydrogens (tertiary/aromatic N) is 4. The second-order valence-corrected chi connectivity index (χ2v) is 6.40. The van der Waals surface area contributed by atoms with E-state index in [9.17, 15) is 20.0 Å². The monoisotopic (exact) mass is 389 g/mol. The van der Waals surface area contributed by atoms with Gasteiger partial charge in [0.1, 0.15) is 11.3 Å². The van der Waals surface area contributed by atoms with Crippen LogP contribution in [0.2, 0.25) is 0 Å². The van der Waals surface area contributed by atoms with E-state index in [1.807, 2.05) is 31.2 Å². The minimum Gasteiger partial charge on any atom is -0.506 e. The molecule has 0 saturated heterocycles. The van der Waals surface area contributed by atoms with Gasteiger partial charge in [-0.15, -0.1) is 0 Å². The van der Waals surface area contributed by atoms with Gasteiger partial charge >= 0.3 is 0 Å². The summed E-state index contributed by atoms with van der Waals surface area (Å²) in [6, 6.07) is 13.1. The zero-order valence-corrected chi connectivity index (χ0v) is 15.2. The fraction of sp³-hybridized carbons (Fsp3) is 0.0500. The van der Waals surface area contributed by atoms with Crippen LogP contribution < -0.4 is 5.32 Å². The lowest BCUT2D eigenvalue weighted by molar-refractivity contribution is -0.384. The average Bonchev–Trinajstić information content (AvgIpc) is 3.14. The van der Waals surface area contributed by atoms with Gasteiger partial charge < -0.3 is 10.4 Å². The van der Waals surface area contributed by atoms with Crippen LogP contribution in [0.5, 0.6) is 5.75 Å². The van der Waals surface area contributed by atoms with E-state index in [2.05, 4.69) is 15.4 Å². The van der Waals surface area contributed by atoms with Crippen LogP contribution in [0.4, 0.5) is 11.4 Å². The molecule has 0 spiro atoms. The second-order valence-electron chi connectivity index (χ2n) is 6.40. The molecule has 2 aromatic carbocycles. The van der Waals surface area contributed by atoms with E-state index in [-0.39, 0.29) is 16.9 Å². The highest BCUT2D eigenvalue weighted by Gasteiger charge is 2.18. The third-order valence-electron chi connectivity index (χ3n) is 4.43. The molecular weight excluding hydrogens is 374 g/mol. The number of rotatable bonds is 4. The fourth-order valence-electron chi connectivity index (χ4n) is 2.92. The molecule has 29 heavy (non-hydrogen) atoms. The van der Waals surface area contributed by atoms with Gasteiger partial charge in [-0.3, -0.25) is 14.9 Å². The van der Waals surface area contributed by atoms with Crippen molar-refractivity contribution in [2.45, 2.75) is 6.92 Å². The second kappa shape index (κ2) is 7.04. The predicted octanol–water partition coefficient (Wildman–Crippen LogP) is 3.57. The summed E-state index contributed by atoms with van der Waals surface area (Å²) in [5.41, 5.74) is 3.15. The van der Waals surface area contributed by atoms with E-state index >= 15 is 0 Å². The van der Waals surface area contributed by atoms with Gasteiger partial charge in [-0.05, 0) is 19.1 Å². The normalized spacial score (nSPS) is 10.8. The van der Waals surface area contributed by atoms with Crippen LogP contribution >= 0.6 is 0 Å². The fourth-order valence-corrected chi connectivity index (χ4v) is 2.92. The minimum atomic E-state index is -0.632. The Kier molecular flexibility index (Phi) is 4.40. The van der Waals surface area contributed by atoms with Crippen molar-refractivity contribution in [2.75, 3.05) is 5.32 Å². The number of hydrogen-bond acceptors (Lipinski definition) is 6. The summed E-state index contributed by atoms with van der Waals surface area (Å²) < 4.78 is 1.56. The van der Waals surface area contributed by atoms with Crippen molar-refractivity contribution in [1.82, 2.24) is 14.6 Å². The lowest BCUT2D eigenvalue weighted by Crippen LogP contribution is -2.12. The molecule has 0 aliphatic carbocycles. The molecule has 144 valence electrons. The smallest absolute Gasteiger partial charge is 0.273 e. The Morgan fingerprint density at radius 2 is 1.93 bits per heavy atom. The van der Waals surface area contributed by atoms with E-state index in [1.54, 1.807) is 16.8 Å². The standard InChI is InChI=1S/C20H15N5O4/c1-12-2-4-13(5-3-12)17-8-9-21-19-15(11-22-24(17)19)20(27)23-16-7-6-14(25(28)29)10-18(16)26/h2-11,26H,1H3,(H,23,27). The van der Waals surface area contributed by atoms with E-state index in [0.29, 0.717) is 5.65 Å². The Balaban J connectivity index is 1.68. The number of aromatic hydroxyl groups is 1. The van der Waals surface area contributed by atoms with E-state index < -0.39 is 16.6 Å². The van der Waals surface area contributed by atoms with E-state index in [1.165, 1.54) is 18.3 Å². The lowest BCUT2D eigenvalue weighted by Gasteiger charge is -2.07. The number of benzene rings is 2. The van der Waals surface area contributed by atoms with Gasteiger partial charge in [0.05, 0.1) is 28.6 Å². The molecule has 2 N–H and O–H groups in total. The largest absolute Gasteiger partial charge is 0.506 e. The molecule has 0 saturated carbocycles. The van der Waals surface area contributed by atoms with Crippen LogP contribution in [-0.2, 0) is 0 Å². The SMILES string of the molecule is Cc1ccc(-c2ccnc3c(C(=O)Nc4ccc([N+](=O)[O-])cc4O)cnn23)cc1. The van der Waals surface area contributed by atoms with Gasteiger partial charge in [-0.1, -0.05) is 29.8 Å². The molecule has 0 aliphatic heterocycles. The minimum absolute atomic E-state index is 0.0506. The molecule has 1 amide bonds. The molecule has 2 aromatic heterocycles. The summed E-state index contributed by atoms with van der Waals surface area (Å²) in [4.78, 5) is 27.1. The zero-order valence-electron chi connectivity index (χ0n) is 15.2. The highest BCUT2D eigenvalue weighted by atomic mass is 16.6. The van der Waals surface area contributed by atoms with Crippen molar-refractivity contribution >= 4 is 22.9 Å². The van der Waals surface area contributed by atoms with Crippen molar-refractivity contribution < 1.29 is 14.8 Å². The first-order chi connectivity index (χ1) is 13.9. The number of aromatic nitrogens is 3. The van der Waals surface area contributed by atoms with Crippen molar-refractivity contribution in [1.29, 1.82) is 0 Å². The van der Waals surface area contributed by atoms with Crippen LogP contribution in [-0.4, -0.2) is 30.5 Å². The first kappa shape index (κ1) is 18.1. The number of nitro groups is 1. The Hall–Kier alpha value is -4.27. The van der Waals surface area contributed by atoms with Crippen molar-refractivity contribution in [3.05, 3.63) is 82.2 Å². The Labute approximate surface area is 164 Å². The zero-order chi connectivity index (χ0) is 20.5. The topological polar surface area (TPSA) is 123 Å². The van der Waals surface area contributed by atoms with Gasteiger partial charge in [0.15, 0.2) is 5.65 Å². The highest BCUT2D eigenvalue weighted by molar-refractivity contribution is 6.08. The third kappa shape index (κ3) is 3.36. The molecule has 0 unspecified atom stereocenters. The van der Waals surface area contributed by atoms with Crippen molar-refractivity contribution in [2.24, 2.45) is 0 Å². The number of aryl methyl sites for hydroxylation is 1. The third-order valence-corrected chi connectivity index (χ3v) is 4.43. The maximum absolute atomic E-state index is 12.7. The quantitative estimate of drug-likeness (QED) is 0.312. The van der Waals surface area contributed by atoms with Gasteiger partial charge in [-0.25, -0.2) is 9.50 Å².